The van der Waals surface area contributed by atoms with Gasteiger partial charge in [0.2, 0.25) is 5.88 Å². The average Bonchev–Trinajstić information content (AvgIpc) is 3.05. The number of hydrogen-bond acceptors (Lipinski definition) is 6. The minimum atomic E-state index is 0.612. The minimum Gasteiger partial charge on any atom is -0.481 e. The second kappa shape index (κ2) is 5.96. The molecule has 0 spiro atoms. The summed E-state index contributed by atoms with van der Waals surface area (Å²) in [6.45, 7) is 3.89. The lowest BCUT2D eigenvalue weighted by molar-refractivity contribution is 0.122. The van der Waals surface area contributed by atoms with Gasteiger partial charge in [0.25, 0.3) is 0 Å². The van der Waals surface area contributed by atoms with E-state index in [1.54, 1.807) is 7.11 Å². The molecule has 2 aromatic heterocycles. The minimum absolute atomic E-state index is 0.612. The first kappa shape index (κ1) is 14.1. The van der Waals surface area contributed by atoms with Gasteiger partial charge in [0.1, 0.15) is 5.82 Å². The van der Waals surface area contributed by atoms with Gasteiger partial charge in [-0.2, -0.15) is 0 Å². The van der Waals surface area contributed by atoms with Crippen LogP contribution in [0.15, 0.2) is 35.5 Å². The van der Waals surface area contributed by atoms with Gasteiger partial charge in [-0.25, -0.2) is 9.97 Å². The smallest absolute Gasteiger partial charge is 0.213 e. The van der Waals surface area contributed by atoms with Crippen molar-refractivity contribution < 1.29 is 9.47 Å². The summed E-state index contributed by atoms with van der Waals surface area (Å²) in [6.07, 6.45) is 1.83. The Balaban J connectivity index is 1.67. The first-order valence-electron chi connectivity index (χ1n) is 7.73. The molecule has 4 heterocycles. The van der Waals surface area contributed by atoms with Crippen LogP contribution in [0.5, 0.6) is 5.88 Å². The van der Waals surface area contributed by atoms with Crippen LogP contribution in [0.1, 0.15) is 16.8 Å². The third-order valence-corrected chi connectivity index (χ3v) is 4.15. The zero-order valence-electron chi connectivity index (χ0n) is 13.0. The van der Waals surface area contributed by atoms with Crippen LogP contribution in [0.2, 0.25) is 0 Å². The Morgan fingerprint density at radius 3 is 2.87 bits per heavy atom. The van der Waals surface area contributed by atoms with Crippen LogP contribution in [-0.2, 0) is 11.3 Å². The quantitative estimate of drug-likeness (QED) is 0.863. The molecule has 0 aliphatic carbocycles. The van der Waals surface area contributed by atoms with E-state index < -0.39 is 0 Å². The lowest BCUT2D eigenvalue weighted by atomic mass is 10.1. The van der Waals surface area contributed by atoms with Crippen molar-refractivity contribution in [3.63, 3.8) is 0 Å². The van der Waals surface area contributed by atoms with Crippen molar-refractivity contribution >= 4 is 11.5 Å². The van der Waals surface area contributed by atoms with E-state index in [2.05, 4.69) is 25.9 Å². The van der Waals surface area contributed by atoms with Crippen molar-refractivity contribution in [3.05, 3.63) is 47.3 Å². The van der Waals surface area contributed by atoms with Crippen LogP contribution < -0.4 is 9.64 Å². The van der Waals surface area contributed by atoms with E-state index in [0.29, 0.717) is 12.4 Å². The number of anilines is 1. The SMILES string of the molecule is COc1ccc2c(n1)C(c1ccnc(N3CCOCC3)c1)=NC2. The summed E-state index contributed by atoms with van der Waals surface area (Å²) in [6, 6.07) is 7.98. The molecule has 4 rings (SSSR count). The molecule has 6 nitrogen and oxygen atoms in total. The number of ether oxygens (including phenoxy) is 2. The monoisotopic (exact) mass is 310 g/mol. The molecule has 0 N–H and O–H groups in total. The molecular weight excluding hydrogens is 292 g/mol. The van der Waals surface area contributed by atoms with E-state index in [1.807, 2.05) is 24.4 Å². The van der Waals surface area contributed by atoms with E-state index in [-0.39, 0.29) is 0 Å². The van der Waals surface area contributed by atoms with Gasteiger partial charge in [-0.05, 0) is 18.2 Å². The molecule has 0 radical (unpaired) electrons. The molecule has 0 saturated carbocycles. The van der Waals surface area contributed by atoms with Crippen LogP contribution >= 0.6 is 0 Å². The van der Waals surface area contributed by atoms with Crippen LogP contribution in [0.3, 0.4) is 0 Å². The molecule has 0 bridgehead atoms. The lowest BCUT2D eigenvalue weighted by Crippen LogP contribution is -2.36. The van der Waals surface area contributed by atoms with Crippen LogP contribution in [0.4, 0.5) is 5.82 Å². The fraction of sp³-hybridized carbons (Fsp3) is 0.353. The molecule has 1 saturated heterocycles. The number of methoxy groups -OCH3 is 1. The average molecular weight is 310 g/mol. The third kappa shape index (κ3) is 2.66. The van der Waals surface area contributed by atoms with Gasteiger partial charge < -0.3 is 14.4 Å². The molecule has 0 atom stereocenters. The van der Waals surface area contributed by atoms with Crippen LogP contribution in [0, 0.1) is 0 Å². The maximum atomic E-state index is 5.41. The van der Waals surface area contributed by atoms with Crippen LogP contribution in [0.25, 0.3) is 0 Å². The Morgan fingerprint density at radius 2 is 2.04 bits per heavy atom. The normalized spacial score (nSPS) is 16.9. The van der Waals surface area contributed by atoms with Gasteiger partial charge in [-0.1, -0.05) is 0 Å². The Bertz CT molecular complexity index is 754. The predicted octanol–water partition coefficient (Wildman–Crippen LogP) is 1.67. The van der Waals surface area contributed by atoms with E-state index in [1.165, 1.54) is 0 Å². The van der Waals surface area contributed by atoms with Crippen molar-refractivity contribution in [2.75, 3.05) is 38.3 Å². The fourth-order valence-electron chi connectivity index (χ4n) is 2.91. The highest BCUT2D eigenvalue weighted by Gasteiger charge is 2.21. The van der Waals surface area contributed by atoms with E-state index in [0.717, 1.165) is 54.7 Å². The van der Waals surface area contributed by atoms with Crippen molar-refractivity contribution in [3.8, 4) is 5.88 Å². The van der Waals surface area contributed by atoms with Crippen molar-refractivity contribution in [1.82, 2.24) is 9.97 Å². The predicted molar refractivity (Wildman–Crippen MR) is 87.4 cm³/mol. The van der Waals surface area contributed by atoms with Gasteiger partial charge in [-0.3, -0.25) is 4.99 Å². The van der Waals surface area contributed by atoms with Crippen molar-refractivity contribution in [2.24, 2.45) is 4.99 Å². The number of morpholine rings is 1. The van der Waals surface area contributed by atoms with Crippen molar-refractivity contribution in [1.29, 1.82) is 0 Å². The van der Waals surface area contributed by atoms with E-state index >= 15 is 0 Å². The van der Waals surface area contributed by atoms with Gasteiger partial charge in [0.15, 0.2) is 0 Å². The summed E-state index contributed by atoms with van der Waals surface area (Å²) >= 11 is 0. The molecule has 118 valence electrons. The highest BCUT2D eigenvalue weighted by molar-refractivity contribution is 6.14. The number of fused-ring (bicyclic) bond motifs is 1. The highest BCUT2D eigenvalue weighted by Crippen LogP contribution is 2.25. The molecule has 23 heavy (non-hydrogen) atoms. The van der Waals surface area contributed by atoms with Gasteiger partial charge >= 0.3 is 0 Å². The topological polar surface area (TPSA) is 59.8 Å². The standard InChI is InChI=1S/C17H18N4O2/c1-22-15-3-2-13-11-19-16(17(13)20-15)12-4-5-18-14(10-12)21-6-8-23-9-7-21/h2-5,10H,6-9,11H2,1H3. The molecule has 2 aromatic rings. The molecule has 0 amide bonds. The molecular formula is C17H18N4O2. The summed E-state index contributed by atoms with van der Waals surface area (Å²) in [5.74, 6) is 1.57. The lowest BCUT2D eigenvalue weighted by Gasteiger charge is -2.28. The summed E-state index contributed by atoms with van der Waals surface area (Å²) < 4.78 is 10.6. The van der Waals surface area contributed by atoms with E-state index in [4.69, 9.17) is 9.47 Å². The molecule has 1 fully saturated rings. The number of nitrogens with zero attached hydrogens (tertiary/aromatic N) is 4. The Hall–Kier alpha value is -2.47. The first-order chi connectivity index (χ1) is 11.3. The third-order valence-electron chi connectivity index (χ3n) is 4.15. The number of hydrogen-bond donors (Lipinski definition) is 0. The summed E-state index contributed by atoms with van der Waals surface area (Å²) in [4.78, 5) is 16.0. The summed E-state index contributed by atoms with van der Waals surface area (Å²) in [5, 5.41) is 0. The molecule has 2 aliphatic rings. The number of rotatable bonds is 3. The van der Waals surface area contributed by atoms with Gasteiger partial charge in [0.05, 0.1) is 38.3 Å². The largest absolute Gasteiger partial charge is 0.481 e. The zero-order valence-corrected chi connectivity index (χ0v) is 13.0. The second-order valence-electron chi connectivity index (χ2n) is 5.53. The van der Waals surface area contributed by atoms with Gasteiger partial charge in [0, 0.05) is 36.5 Å². The molecule has 0 aromatic carbocycles. The molecule has 0 unspecified atom stereocenters. The van der Waals surface area contributed by atoms with Crippen molar-refractivity contribution in [2.45, 2.75) is 6.54 Å². The first-order valence-corrected chi connectivity index (χ1v) is 7.73. The number of aromatic nitrogens is 2. The maximum absolute atomic E-state index is 5.41. The second-order valence-corrected chi connectivity index (χ2v) is 5.53. The van der Waals surface area contributed by atoms with Gasteiger partial charge in [-0.15, -0.1) is 0 Å². The Morgan fingerprint density at radius 1 is 1.17 bits per heavy atom. The Kier molecular flexibility index (Phi) is 3.67. The fourth-order valence-corrected chi connectivity index (χ4v) is 2.91. The number of pyridine rings is 2. The van der Waals surface area contributed by atoms with E-state index in [9.17, 15) is 0 Å². The van der Waals surface area contributed by atoms with Crippen LogP contribution in [-0.4, -0.2) is 49.1 Å². The maximum Gasteiger partial charge on any atom is 0.213 e. The summed E-state index contributed by atoms with van der Waals surface area (Å²) in [5.41, 5.74) is 3.99. The summed E-state index contributed by atoms with van der Waals surface area (Å²) in [7, 11) is 1.63. The highest BCUT2D eigenvalue weighted by atomic mass is 16.5. The molecule has 6 heteroatoms. The Labute approximate surface area is 134 Å². The zero-order chi connectivity index (χ0) is 15.6. The number of aliphatic imine (C=N–C) groups is 1. The molecule has 2 aliphatic heterocycles.